The average Bonchev–Trinajstić information content (AvgIpc) is 2.40. The molecule has 2 aromatic carbocycles. The SMILES string of the molecule is NC(CSc1ccc(Cl)cc1)c1cc(F)ccc1F. The van der Waals surface area contributed by atoms with Gasteiger partial charge in [-0.15, -0.1) is 11.8 Å². The Morgan fingerprint density at radius 1 is 1.11 bits per heavy atom. The summed E-state index contributed by atoms with van der Waals surface area (Å²) in [6.07, 6.45) is 0. The molecule has 0 saturated carbocycles. The standard InChI is InChI=1S/C14H12ClF2NS/c15-9-1-4-11(5-2-9)19-8-14(18)12-7-10(16)3-6-13(12)17/h1-7,14H,8,18H2. The third kappa shape index (κ3) is 3.93. The fraction of sp³-hybridized carbons (Fsp3) is 0.143. The van der Waals surface area contributed by atoms with Crippen molar-refractivity contribution in [3.63, 3.8) is 0 Å². The van der Waals surface area contributed by atoms with E-state index in [9.17, 15) is 8.78 Å². The predicted octanol–water partition coefficient (Wildman–Crippen LogP) is 4.41. The van der Waals surface area contributed by atoms with Gasteiger partial charge in [0.15, 0.2) is 0 Å². The van der Waals surface area contributed by atoms with E-state index in [4.69, 9.17) is 17.3 Å². The average molecular weight is 300 g/mol. The molecule has 0 aliphatic carbocycles. The third-order valence-corrected chi connectivity index (χ3v) is 3.98. The molecule has 5 heteroatoms. The van der Waals surface area contributed by atoms with Gasteiger partial charge in [-0.2, -0.15) is 0 Å². The maximum absolute atomic E-state index is 13.5. The molecule has 1 nitrogen and oxygen atoms in total. The molecular formula is C14H12ClF2NS. The molecule has 19 heavy (non-hydrogen) atoms. The highest BCUT2D eigenvalue weighted by Gasteiger charge is 2.13. The first-order valence-electron chi connectivity index (χ1n) is 5.65. The van der Waals surface area contributed by atoms with Crippen LogP contribution in [0.1, 0.15) is 11.6 Å². The molecule has 0 amide bonds. The smallest absolute Gasteiger partial charge is 0.128 e. The highest BCUT2D eigenvalue weighted by molar-refractivity contribution is 7.99. The fourth-order valence-corrected chi connectivity index (χ4v) is 2.61. The van der Waals surface area contributed by atoms with Gasteiger partial charge in [-0.1, -0.05) is 11.6 Å². The molecular weight excluding hydrogens is 288 g/mol. The van der Waals surface area contributed by atoms with Gasteiger partial charge in [0, 0.05) is 27.3 Å². The summed E-state index contributed by atoms with van der Waals surface area (Å²) in [6, 6.07) is 10.0. The van der Waals surface area contributed by atoms with E-state index in [2.05, 4.69) is 0 Å². The fourth-order valence-electron chi connectivity index (χ4n) is 1.61. The van der Waals surface area contributed by atoms with Crippen molar-refractivity contribution in [2.24, 2.45) is 5.73 Å². The molecule has 2 aromatic rings. The highest BCUT2D eigenvalue weighted by Crippen LogP contribution is 2.26. The normalized spacial score (nSPS) is 12.4. The number of hydrogen-bond acceptors (Lipinski definition) is 2. The lowest BCUT2D eigenvalue weighted by Gasteiger charge is -2.12. The van der Waals surface area contributed by atoms with E-state index in [1.54, 1.807) is 12.1 Å². The minimum atomic E-state index is -0.559. The van der Waals surface area contributed by atoms with Crippen LogP contribution in [0.2, 0.25) is 5.02 Å². The monoisotopic (exact) mass is 299 g/mol. The Labute approximate surface area is 119 Å². The highest BCUT2D eigenvalue weighted by atomic mass is 35.5. The van der Waals surface area contributed by atoms with Gasteiger partial charge >= 0.3 is 0 Å². The summed E-state index contributed by atoms with van der Waals surface area (Å²) in [5.41, 5.74) is 6.08. The molecule has 1 atom stereocenters. The second-order valence-corrected chi connectivity index (χ2v) is 5.57. The number of rotatable bonds is 4. The van der Waals surface area contributed by atoms with E-state index in [0.29, 0.717) is 10.8 Å². The molecule has 2 rings (SSSR count). The lowest BCUT2D eigenvalue weighted by Crippen LogP contribution is -2.15. The van der Waals surface area contributed by atoms with Gasteiger partial charge in [-0.3, -0.25) is 0 Å². The van der Waals surface area contributed by atoms with Gasteiger partial charge in [-0.05, 0) is 42.5 Å². The second-order valence-electron chi connectivity index (χ2n) is 4.04. The van der Waals surface area contributed by atoms with Crippen LogP contribution in [-0.2, 0) is 0 Å². The van der Waals surface area contributed by atoms with Gasteiger partial charge in [0.1, 0.15) is 11.6 Å². The molecule has 0 heterocycles. The molecule has 0 saturated heterocycles. The number of benzene rings is 2. The summed E-state index contributed by atoms with van der Waals surface area (Å²) in [5.74, 6) is -0.504. The summed E-state index contributed by atoms with van der Waals surface area (Å²) in [7, 11) is 0. The Bertz CT molecular complexity index is 560. The zero-order chi connectivity index (χ0) is 13.8. The van der Waals surface area contributed by atoms with Crippen molar-refractivity contribution in [3.8, 4) is 0 Å². The van der Waals surface area contributed by atoms with Crippen molar-refractivity contribution in [1.82, 2.24) is 0 Å². The van der Waals surface area contributed by atoms with Crippen LogP contribution in [0.15, 0.2) is 47.4 Å². The van der Waals surface area contributed by atoms with Crippen LogP contribution in [0.4, 0.5) is 8.78 Å². The van der Waals surface area contributed by atoms with Crippen LogP contribution in [0.25, 0.3) is 0 Å². The zero-order valence-electron chi connectivity index (χ0n) is 9.95. The first-order chi connectivity index (χ1) is 9.06. The van der Waals surface area contributed by atoms with Gasteiger partial charge in [-0.25, -0.2) is 8.78 Å². The minimum Gasteiger partial charge on any atom is -0.323 e. The second kappa shape index (κ2) is 6.37. The minimum absolute atomic E-state index is 0.196. The predicted molar refractivity (Wildman–Crippen MR) is 75.5 cm³/mol. The Kier molecular flexibility index (Phi) is 4.80. The number of nitrogens with two attached hydrogens (primary N) is 1. The van der Waals surface area contributed by atoms with E-state index < -0.39 is 17.7 Å². The lowest BCUT2D eigenvalue weighted by molar-refractivity contribution is 0.573. The number of hydrogen-bond donors (Lipinski definition) is 1. The van der Waals surface area contributed by atoms with Crippen LogP contribution in [-0.4, -0.2) is 5.75 Å². The van der Waals surface area contributed by atoms with Gasteiger partial charge < -0.3 is 5.73 Å². The molecule has 0 aliphatic heterocycles. The van der Waals surface area contributed by atoms with Crippen molar-refractivity contribution in [3.05, 3.63) is 64.7 Å². The van der Waals surface area contributed by atoms with Gasteiger partial charge in [0.25, 0.3) is 0 Å². The topological polar surface area (TPSA) is 26.0 Å². The maximum atomic E-state index is 13.5. The molecule has 1 unspecified atom stereocenters. The van der Waals surface area contributed by atoms with Crippen molar-refractivity contribution >= 4 is 23.4 Å². The van der Waals surface area contributed by atoms with E-state index >= 15 is 0 Å². The van der Waals surface area contributed by atoms with E-state index in [-0.39, 0.29) is 5.56 Å². The van der Waals surface area contributed by atoms with Crippen LogP contribution < -0.4 is 5.73 Å². The molecule has 0 spiro atoms. The van der Waals surface area contributed by atoms with Gasteiger partial charge in [0.2, 0.25) is 0 Å². The first kappa shape index (κ1) is 14.3. The lowest BCUT2D eigenvalue weighted by atomic mass is 10.1. The van der Waals surface area contributed by atoms with Crippen molar-refractivity contribution < 1.29 is 8.78 Å². The summed E-state index contributed by atoms with van der Waals surface area (Å²) in [5, 5.41) is 0.657. The quantitative estimate of drug-likeness (QED) is 0.846. The van der Waals surface area contributed by atoms with E-state index in [0.717, 1.165) is 23.1 Å². The summed E-state index contributed by atoms with van der Waals surface area (Å²) >= 11 is 7.26. The Morgan fingerprint density at radius 2 is 1.79 bits per heavy atom. The largest absolute Gasteiger partial charge is 0.323 e. The number of halogens is 3. The van der Waals surface area contributed by atoms with E-state index in [1.165, 1.54) is 11.8 Å². The Balaban J connectivity index is 2.03. The van der Waals surface area contributed by atoms with Crippen LogP contribution in [0.3, 0.4) is 0 Å². The summed E-state index contributed by atoms with van der Waals surface area (Å²) in [4.78, 5) is 0.983. The van der Waals surface area contributed by atoms with Crippen LogP contribution >= 0.6 is 23.4 Å². The molecule has 100 valence electrons. The molecule has 0 radical (unpaired) electrons. The first-order valence-corrected chi connectivity index (χ1v) is 7.01. The van der Waals surface area contributed by atoms with Gasteiger partial charge in [0.05, 0.1) is 0 Å². The summed E-state index contributed by atoms with van der Waals surface area (Å²) < 4.78 is 26.6. The van der Waals surface area contributed by atoms with Crippen molar-refractivity contribution in [2.75, 3.05) is 5.75 Å². The van der Waals surface area contributed by atoms with Crippen LogP contribution in [0.5, 0.6) is 0 Å². The zero-order valence-corrected chi connectivity index (χ0v) is 11.5. The third-order valence-electron chi connectivity index (χ3n) is 2.60. The van der Waals surface area contributed by atoms with E-state index in [1.807, 2.05) is 12.1 Å². The molecule has 0 aromatic heterocycles. The maximum Gasteiger partial charge on any atom is 0.128 e. The number of thioether (sulfide) groups is 1. The van der Waals surface area contributed by atoms with Crippen molar-refractivity contribution in [2.45, 2.75) is 10.9 Å². The molecule has 2 N–H and O–H groups in total. The Hall–Kier alpha value is -1.10. The van der Waals surface area contributed by atoms with Crippen LogP contribution in [0, 0.1) is 11.6 Å². The molecule has 0 fully saturated rings. The molecule has 0 aliphatic rings. The molecule has 0 bridgehead atoms. The summed E-state index contributed by atoms with van der Waals surface area (Å²) in [6.45, 7) is 0. The van der Waals surface area contributed by atoms with Crippen molar-refractivity contribution in [1.29, 1.82) is 0 Å². The Morgan fingerprint density at radius 3 is 2.47 bits per heavy atom.